The number of anilines is 2. The molecule has 1 fully saturated rings. The Kier molecular flexibility index (Phi) is 6.34. The van der Waals surface area contributed by atoms with Gasteiger partial charge in [-0.1, -0.05) is 37.3 Å². The van der Waals surface area contributed by atoms with E-state index in [0.29, 0.717) is 22.2 Å². The highest BCUT2D eigenvalue weighted by Crippen LogP contribution is 2.29. The Hall–Kier alpha value is -2.27. The van der Waals surface area contributed by atoms with E-state index in [1.54, 1.807) is 43.6 Å². The molecule has 0 radical (unpaired) electrons. The van der Waals surface area contributed by atoms with Crippen LogP contribution >= 0.6 is 11.6 Å². The number of nitrogens with zero attached hydrogens (tertiary/aromatic N) is 1. The lowest BCUT2D eigenvalue weighted by Gasteiger charge is -2.16. The van der Waals surface area contributed by atoms with Gasteiger partial charge in [-0.2, -0.15) is 0 Å². The van der Waals surface area contributed by atoms with Crippen LogP contribution in [0.5, 0.6) is 5.75 Å². The Balaban J connectivity index is 1.64. The fourth-order valence-electron chi connectivity index (χ4n) is 3.21. The number of rotatable bonds is 5. The van der Waals surface area contributed by atoms with Crippen LogP contribution in [0.4, 0.5) is 11.5 Å². The number of carbonyl (C=O) groups is 1. The molecule has 3 rings (SSSR count). The van der Waals surface area contributed by atoms with Gasteiger partial charge >= 0.3 is 0 Å². The van der Waals surface area contributed by atoms with Gasteiger partial charge < -0.3 is 15.4 Å². The number of hydrogen-bond acceptors (Lipinski definition) is 4. The standard InChI is InChI=1S/C20H24ClN3O2/c1-26-18-10-9-15(21)12-17(18)24-19-11-8-14(13-22-19)20(25)23-16-6-4-2-3-5-7-16/h8-13,16H,2-7H2,1H3,(H,22,24)(H,23,25). The highest BCUT2D eigenvalue weighted by molar-refractivity contribution is 6.31. The van der Waals surface area contributed by atoms with Crippen molar-refractivity contribution in [3.63, 3.8) is 0 Å². The van der Waals surface area contributed by atoms with E-state index in [2.05, 4.69) is 15.6 Å². The Bertz CT molecular complexity index is 741. The smallest absolute Gasteiger partial charge is 0.253 e. The third-order valence-electron chi connectivity index (χ3n) is 4.64. The van der Waals surface area contributed by atoms with Crippen LogP contribution in [0.2, 0.25) is 5.02 Å². The number of nitrogens with one attached hydrogen (secondary N) is 2. The number of methoxy groups -OCH3 is 1. The highest BCUT2D eigenvalue weighted by atomic mass is 35.5. The number of ether oxygens (including phenoxy) is 1. The van der Waals surface area contributed by atoms with Crippen LogP contribution in [0.1, 0.15) is 48.9 Å². The van der Waals surface area contributed by atoms with E-state index in [-0.39, 0.29) is 11.9 Å². The van der Waals surface area contributed by atoms with Gasteiger partial charge in [0, 0.05) is 17.3 Å². The molecule has 1 aromatic carbocycles. The summed E-state index contributed by atoms with van der Waals surface area (Å²) < 4.78 is 5.32. The van der Waals surface area contributed by atoms with Crippen molar-refractivity contribution in [3.05, 3.63) is 47.1 Å². The first kappa shape index (κ1) is 18.5. The van der Waals surface area contributed by atoms with Gasteiger partial charge in [-0.05, 0) is 43.2 Å². The summed E-state index contributed by atoms with van der Waals surface area (Å²) in [4.78, 5) is 16.8. The van der Waals surface area contributed by atoms with E-state index >= 15 is 0 Å². The van der Waals surface area contributed by atoms with E-state index in [1.807, 2.05) is 0 Å². The second-order valence-electron chi connectivity index (χ2n) is 6.56. The largest absolute Gasteiger partial charge is 0.495 e. The molecule has 6 heteroatoms. The van der Waals surface area contributed by atoms with Gasteiger partial charge in [0.2, 0.25) is 0 Å². The van der Waals surface area contributed by atoms with Gasteiger partial charge in [0.15, 0.2) is 0 Å². The first-order valence-corrected chi connectivity index (χ1v) is 9.41. The van der Waals surface area contributed by atoms with E-state index in [9.17, 15) is 4.79 Å². The van der Waals surface area contributed by atoms with Crippen LogP contribution in [0.25, 0.3) is 0 Å². The highest BCUT2D eigenvalue weighted by Gasteiger charge is 2.16. The van der Waals surface area contributed by atoms with Crippen LogP contribution in [0.3, 0.4) is 0 Å². The van der Waals surface area contributed by atoms with Crippen molar-refractivity contribution in [2.24, 2.45) is 0 Å². The van der Waals surface area contributed by atoms with Crippen LogP contribution in [-0.4, -0.2) is 24.0 Å². The van der Waals surface area contributed by atoms with Crippen molar-refractivity contribution in [2.45, 2.75) is 44.6 Å². The molecule has 0 bridgehead atoms. The summed E-state index contributed by atoms with van der Waals surface area (Å²) in [6, 6.07) is 9.16. The zero-order valence-electron chi connectivity index (χ0n) is 14.9. The van der Waals surface area contributed by atoms with Crippen molar-refractivity contribution >= 4 is 29.0 Å². The molecular weight excluding hydrogens is 350 g/mol. The molecule has 1 aliphatic rings. The van der Waals surface area contributed by atoms with Gasteiger partial charge in [0.1, 0.15) is 11.6 Å². The quantitative estimate of drug-likeness (QED) is 0.728. The second-order valence-corrected chi connectivity index (χ2v) is 7.00. The lowest BCUT2D eigenvalue weighted by molar-refractivity contribution is 0.0933. The zero-order valence-corrected chi connectivity index (χ0v) is 15.7. The molecule has 138 valence electrons. The van der Waals surface area contributed by atoms with Crippen LogP contribution in [-0.2, 0) is 0 Å². The van der Waals surface area contributed by atoms with Crippen molar-refractivity contribution in [2.75, 3.05) is 12.4 Å². The lowest BCUT2D eigenvalue weighted by Crippen LogP contribution is -2.34. The van der Waals surface area contributed by atoms with Crippen LogP contribution in [0.15, 0.2) is 36.5 Å². The maximum Gasteiger partial charge on any atom is 0.253 e. The number of aromatic nitrogens is 1. The molecular formula is C20H24ClN3O2. The van der Waals surface area contributed by atoms with E-state index in [0.717, 1.165) is 18.5 Å². The lowest BCUT2D eigenvalue weighted by atomic mass is 10.1. The van der Waals surface area contributed by atoms with Gasteiger partial charge in [0.25, 0.3) is 5.91 Å². The van der Waals surface area contributed by atoms with Crippen molar-refractivity contribution in [1.82, 2.24) is 10.3 Å². The summed E-state index contributed by atoms with van der Waals surface area (Å²) in [5.74, 6) is 1.24. The monoisotopic (exact) mass is 373 g/mol. The number of carbonyl (C=O) groups excluding carboxylic acids is 1. The fourth-order valence-corrected chi connectivity index (χ4v) is 3.38. The fraction of sp³-hybridized carbons (Fsp3) is 0.400. The number of hydrogen-bond donors (Lipinski definition) is 2. The molecule has 1 aliphatic carbocycles. The molecule has 2 aromatic rings. The first-order chi connectivity index (χ1) is 12.7. The number of benzene rings is 1. The summed E-state index contributed by atoms with van der Waals surface area (Å²) >= 11 is 6.04. The van der Waals surface area contributed by atoms with Gasteiger partial charge in [-0.3, -0.25) is 4.79 Å². The zero-order chi connectivity index (χ0) is 18.4. The SMILES string of the molecule is COc1ccc(Cl)cc1Nc1ccc(C(=O)NC2CCCCCC2)cn1. The van der Waals surface area contributed by atoms with Gasteiger partial charge in [0.05, 0.1) is 18.4 Å². The Morgan fingerprint density at radius 1 is 1.15 bits per heavy atom. The molecule has 0 aliphatic heterocycles. The van der Waals surface area contributed by atoms with E-state index in [1.165, 1.54) is 25.7 Å². The maximum atomic E-state index is 12.4. The second kappa shape index (κ2) is 8.90. The molecule has 1 amide bonds. The molecule has 0 atom stereocenters. The van der Waals surface area contributed by atoms with Crippen LogP contribution < -0.4 is 15.4 Å². The first-order valence-electron chi connectivity index (χ1n) is 9.03. The predicted molar refractivity (Wildman–Crippen MR) is 104 cm³/mol. The van der Waals surface area contributed by atoms with Crippen molar-refractivity contribution in [1.29, 1.82) is 0 Å². The minimum Gasteiger partial charge on any atom is -0.495 e. The molecule has 0 unspecified atom stereocenters. The Morgan fingerprint density at radius 2 is 1.92 bits per heavy atom. The molecule has 0 spiro atoms. The molecule has 2 N–H and O–H groups in total. The summed E-state index contributed by atoms with van der Waals surface area (Å²) in [7, 11) is 1.60. The average Bonchev–Trinajstić information content (AvgIpc) is 2.91. The van der Waals surface area contributed by atoms with Crippen molar-refractivity contribution in [3.8, 4) is 5.75 Å². The third kappa shape index (κ3) is 4.88. The normalized spacial score (nSPS) is 15.2. The third-order valence-corrected chi connectivity index (χ3v) is 4.88. The minimum atomic E-state index is -0.0590. The molecule has 5 nitrogen and oxygen atoms in total. The van der Waals surface area contributed by atoms with Gasteiger partial charge in [-0.25, -0.2) is 4.98 Å². The number of amides is 1. The van der Waals surface area contributed by atoms with Crippen LogP contribution in [0, 0.1) is 0 Å². The predicted octanol–water partition coefficient (Wildman–Crippen LogP) is 4.94. The Morgan fingerprint density at radius 3 is 2.58 bits per heavy atom. The summed E-state index contributed by atoms with van der Waals surface area (Å²) in [6.07, 6.45) is 8.62. The Labute approximate surface area is 159 Å². The van der Waals surface area contributed by atoms with Crippen molar-refractivity contribution < 1.29 is 9.53 Å². The average molecular weight is 374 g/mol. The maximum absolute atomic E-state index is 12.4. The molecule has 1 saturated carbocycles. The molecule has 26 heavy (non-hydrogen) atoms. The summed E-state index contributed by atoms with van der Waals surface area (Å²) in [5.41, 5.74) is 1.29. The summed E-state index contributed by atoms with van der Waals surface area (Å²) in [5, 5.41) is 6.91. The minimum absolute atomic E-state index is 0.0590. The summed E-state index contributed by atoms with van der Waals surface area (Å²) in [6.45, 7) is 0. The molecule has 1 heterocycles. The van der Waals surface area contributed by atoms with E-state index in [4.69, 9.17) is 16.3 Å². The molecule has 0 saturated heterocycles. The number of pyridine rings is 1. The topological polar surface area (TPSA) is 63.2 Å². The molecule has 1 aromatic heterocycles. The van der Waals surface area contributed by atoms with Gasteiger partial charge in [-0.15, -0.1) is 0 Å². The number of halogens is 1. The van der Waals surface area contributed by atoms with E-state index < -0.39 is 0 Å².